The first-order chi connectivity index (χ1) is 21.5. The van der Waals surface area contributed by atoms with Gasteiger partial charge < -0.3 is 10.6 Å². The van der Waals surface area contributed by atoms with E-state index in [2.05, 4.69) is 9.82 Å². The zero-order chi connectivity index (χ0) is 32.0. The molecule has 12 heteroatoms. The van der Waals surface area contributed by atoms with Crippen LogP contribution >= 0.6 is 23.2 Å². The molecule has 0 fully saturated rings. The number of sulfonamides is 1. The molecule has 0 spiro atoms. The third-order valence-corrected chi connectivity index (χ3v) is 10.4. The Morgan fingerprint density at radius 1 is 0.978 bits per heavy atom. The van der Waals surface area contributed by atoms with E-state index in [9.17, 15) is 18.0 Å². The fourth-order valence-corrected chi connectivity index (χ4v) is 7.06. The van der Waals surface area contributed by atoms with Crippen LogP contribution in [-0.2, 0) is 23.0 Å². The first kappa shape index (κ1) is 30.8. The Morgan fingerprint density at radius 3 is 2.44 bits per heavy atom. The van der Waals surface area contributed by atoms with E-state index in [-0.39, 0.29) is 34.5 Å². The van der Waals surface area contributed by atoms with Crippen molar-refractivity contribution in [2.75, 3.05) is 6.54 Å². The minimum Gasteiger partial charge on any atom is -0.330 e. The van der Waals surface area contributed by atoms with Gasteiger partial charge in [-0.2, -0.15) is 5.10 Å². The molecule has 1 aliphatic rings. The molecule has 0 aliphatic carbocycles. The van der Waals surface area contributed by atoms with Crippen LogP contribution in [0, 0.1) is 13.8 Å². The molecule has 2 heterocycles. The summed E-state index contributed by atoms with van der Waals surface area (Å²) in [6.07, 6.45) is 0.577. The highest BCUT2D eigenvalue weighted by molar-refractivity contribution is 7.90. The topological polar surface area (TPSA) is 127 Å². The van der Waals surface area contributed by atoms with Crippen molar-refractivity contribution in [1.29, 1.82) is 0 Å². The van der Waals surface area contributed by atoms with E-state index >= 15 is 0 Å². The molecular weight excluding hydrogens is 633 g/mol. The van der Waals surface area contributed by atoms with Crippen LogP contribution in [0.25, 0.3) is 16.5 Å². The van der Waals surface area contributed by atoms with E-state index in [0.717, 1.165) is 16.5 Å². The highest BCUT2D eigenvalue weighted by Gasteiger charge is 2.32. The molecule has 9 nitrogen and oxygen atoms in total. The Hall–Kier alpha value is -4.22. The summed E-state index contributed by atoms with van der Waals surface area (Å²) in [7, 11) is -4.29. The van der Waals surface area contributed by atoms with Crippen LogP contribution in [-0.4, -0.2) is 47.5 Å². The molecule has 1 atom stereocenters. The predicted molar refractivity (Wildman–Crippen MR) is 175 cm³/mol. The summed E-state index contributed by atoms with van der Waals surface area (Å²) in [6, 6.07) is 21.7. The van der Waals surface area contributed by atoms with Crippen molar-refractivity contribution in [3.05, 3.63) is 123 Å². The first-order valence-electron chi connectivity index (χ1n) is 14.2. The van der Waals surface area contributed by atoms with Gasteiger partial charge in [-0.3, -0.25) is 9.59 Å². The van der Waals surface area contributed by atoms with E-state index in [1.54, 1.807) is 47.7 Å². The van der Waals surface area contributed by atoms with Crippen molar-refractivity contribution < 1.29 is 18.0 Å². The maximum atomic E-state index is 14.3. The van der Waals surface area contributed by atoms with Crippen molar-refractivity contribution in [2.24, 2.45) is 5.73 Å². The molecule has 2 amide bonds. The number of aryl methyl sites for hydroxylation is 1. The van der Waals surface area contributed by atoms with E-state index in [1.165, 1.54) is 24.3 Å². The van der Waals surface area contributed by atoms with Gasteiger partial charge in [-0.05, 0) is 73.2 Å². The SMILES string of the molecule is Cc1nn(-c2ccc(C(=O)NS(=O)(=O)c3ccc4cccc(Cl)c4c3)cc2C(=O)N2Cc3ccccc3C[C@H]2CN)c(C)c1Cl. The van der Waals surface area contributed by atoms with Crippen LogP contribution in [0.15, 0.2) is 83.8 Å². The number of halogens is 2. The molecule has 0 saturated carbocycles. The van der Waals surface area contributed by atoms with Gasteiger partial charge in [0.2, 0.25) is 0 Å². The standard InChI is InChI=1S/C33H29Cl2N5O4S/c1-19-31(35)20(2)40(37-19)30-13-11-23(15-28(30)33(42)39-18-24-7-4-3-6-22(24)14-25(39)17-36)32(41)38-45(43,44)26-12-10-21-8-5-9-29(34)27(21)16-26/h3-13,15-16,25H,14,17-18,36H2,1-2H3,(H,38,41)/t25-/m0/s1. The molecule has 45 heavy (non-hydrogen) atoms. The maximum Gasteiger partial charge on any atom is 0.265 e. The van der Waals surface area contributed by atoms with E-state index in [1.807, 2.05) is 30.3 Å². The van der Waals surface area contributed by atoms with Crippen molar-refractivity contribution in [2.45, 2.75) is 37.8 Å². The molecule has 0 unspecified atom stereocenters. The summed E-state index contributed by atoms with van der Waals surface area (Å²) in [5.74, 6) is -1.28. The minimum absolute atomic E-state index is 0.0289. The smallest absolute Gasteiger partial charge is 0.265 e. The van der Waals surface area contributed by atoms with E-state index in [4.69, 9.17) is 28.9 Å². The van der Waals surface area contributed by atoms with Crippen molar-refractivity contribution >= 4 is 55.8 Å². The molecule has 5 aromatic rings. The Bertz CT molecular complexity index is 2110. The van der Waals surface area contributed by atoms with E-state index < -0.39 is 15.9 Å². The zero-order valence-corrected chi connectivity index (χ0v) is 26.7. The molecule has 1 aliphatic heterocycles. The average Bonchev–Trinajstić information content (AvgIpc) is 3.30. The van der Waals surface area contributed by atoms with Crippen LogP contribution in [0.2, 0.25) is 10.0 Å². The number of nitrogens with one attached hydrogen (secondary N) is 1. The fourth-order valence-electron chi connectivity index (χ4n) is 5.70. The van der Waals surface area contributed by atoms with Crippen molar-refractivity contribution in [3.63, 3.8) is 0 Å². The maximum absolute atomic E-state index is 14.3. The number of aromatic nitrogens is 2. The molecule has 1 aromatic heterocycles. The van der Waals surface area contributed by atoms with Crippen LogP contribution in [0.1, 0.15) is 43.2 Å². The number of benzene rings is 4. The molecule has 0 saturated heterocycles. The largest absolute Gasteiger partial charge is 0.330 e. The second kappa shape index (κ2) is 11.9. The summed E-state index contributed by atoms with van der Waals surface area (Å²) in [5.41, 5.74) is 9.96. The van der Waals surface area contributed by atoms with Crippen LogP contribution in [0.5, 0.6) is 0 Å². The number of rotatable bonds is 6. The summed E-state index contributed by atoms with van der Waals surface area (Å²) >= 11 is 12.7. The molecule has 0 bridgehead atoms. The third-order valence-electron chi connectivity index (χ3n) is 8.15. The number of hydrogen-bond acceptors (Lipinski definition) is 6. The molecule has 4 aromatic carbocycles. The monoisotopic (exact) mass is 661 g/mol. The summed E-state index contributed by atoms with van der Waals surface area (Å²) in [6.45, 7) is 4.09. The Labute approximate surface area is 270 Å². The lowest BCUT2D eigenvalue weighted by atomic mass is 9.93. The Balaban J connectivity index is 1.39. The predicted octanol–water partition coefficient (Wildman–Crippen LogP) is 5.59. The second-order valence-corrected chi connectivity index (χ2v) is 13.4. The van der Waals surface area contributed by atoms with Gasteiger partial charge in [-0.1, -0.05) is 65.7 Å². The van der Waals surface area contributed by atoms with Crippen molar-refractivity contribution in [1.82, 2.24) is 19.4 Å². The number of amides is 2. The highest BCUT2D eigenvalue weighted by Crippen LogP contribution is 2.30. The molecule has 3 N–H and O–H groups in total. The number of fused-ring (bicyclic) bond motifs is 2. The number of carbonyl (C=O) groups excluding carboxylic acids is 2. The van der Waals surface area contributed by atoms with Gasteiger partial charge >= 0.3 is 0 Å². The third kappa shape index (κ3) is 5.70. The number of carbonyl (C=O) groups is 2. The van der Waals surface area contributed by atoms with Gasteiger partial charge in [0.05, 0.1) is 32.6 Å². The molecule has 0 radical (unpaired) electrons. The average molecular weight is 663 g/mol. The summed E-state index contributed by atoms with van der Waals surface area (Å²) in [5, 5.41) is 6.65. The number of nitrogens with zero attached hydrogens (tertiary/aromatic N) is 3. The van der Waals surface area contributed by atoms with Crippen molar-refractivity contribution in [3.8, 4) is 5.69 Å². The normalized spacial score (nSPS) is 14.8. The quantitative estimate of drug-likeness (QED) is 0.244. The van der Waals surface area contributed by atoms with Crippen LogP contribution in [0.3, 0.4) is 0 Å². The minimum atomic E-state index is -4.29. The lowest BCUT2D eigenvalue weighted by molar-refractivity contribution is 0.0647. The molecule has 230 valence electrons. The lowest BCUT2D eigenvalue weighted by Gasteiger charge is -2.36. The summed E-state index contributed by atoms with van der Waals surface area (Å²) in [4.78, 5) is 29.4. The molecular formula is C33H29Cl2N5O4S. The van der Waals surface area contributed by atoms with Gasteiger partial charge in [0.15, 0.2) is 0 Å². The highest BCUT2D eigenvalue weighted by atomic mass is 35.5. The van der Waals surface area contributed by atoms with Crippen LogP contribution < -0.4 is 10.5 Å². The van der Waals surface area contributed by atoms with Gasteiger partial charge in [0.25, 0.3) is 21.8 Å². The Morgan fingerprint density at radius 2 is 1.73 bits per heavy atom. The van der Waals surface area contributed by atoms with Crippen LogP contribution in [0.4, 0.5) is 0 Å². The van der Waals surface area contributed by atoms with Gasteiger partial charge in [0, 0.05) is 35.1 Å². The van der Waals surface area contributed by atoms with E-state index in [0.29, 0.717) is 45.5 Å². The first-order valence-corrected chi connectivity index (χ1v) is 16.4. The van der Waals surface area contributed by atoms with Gasteiger partial charge in [0.1, 0.15) is 0 Å². The summed E-state index contributed by atoms with van der Waals surface area (Å²) < 4.78 is 30.3. The number of nitrogens with two attached hydrogens (primary N) is 1. The van der Waals surface area contributed by atoms with Gasteiger partial charge in [-0.25, -0.2) is 17.8 Å². The van der Waals surface area contributed by atoms with Gasteiger partial charge in [-0.15, -0.1) is 0 Å². The zero-order valence-electron chi connectivity index (χ0n) is 24.4. The fraction of sp³-hybridized carbons (Fsp3) is 0.182. The second-order valence-electron chi connectivity index (χ2n) is 11.0. The molecule has 6 rings (SSSR count). The Kier molecular flexibility index (Phi) is 8.17. The number of hydrogen-bond donors (Lipinski definition) is 2. The lowest BCUT2D eigenvalue weighted by Crippen LogP contribution is -2.48.